The Hall–Kier alpha value is 0.550. The zero-order valence-electron chi connectivity index (χ0n) is 7.54. The van der Waals surface area contributed by atoms with Crippen molar-refractivity contribution in [2.24, 2.45) is 0 Å². The van der Waals surface area contributed by atoms with Gasteiger partial charge in [-0.25, -0.2) is 0 Å². The van der Waals surface area contributed by atoms with Crippen molar-refractivity contribution in [2.45, 2.75) is 46.7 Å². The third kappa shape index (κ3) is 0.883. The number of halogens is 2. The maximum absolute atomic E-state index is 11.8. The first-order valence-corrected chi connectivity index (χ1v) is 6.47. The highest BCUT2D eigenvalue weighted by Gasteiger charge is 2.71. The lowest BCUT2D eigenvalue weighted by molar-refractivity contribution is -0.145. The molecule has 0 saturated carbocycles. The van der Waals surface area contributed by atoms with Gasteiger partial charge in [-0.15, -0.1) is 0 Å². The number of ketones is 1. The fourth-order valence-corrected chi connectivity index (χ4v) is 4.82. The van der Waals surface area contributed by atoms with Crippen molar-refractivity contribution in [1.82, 2.24) is 4.90 Å². The smallest absolute Gasteiger partial charge is 0.204 e. The third-order valence-corrected chi connectivity index (χ3v) is 5.56. The maximum Gasteiger partial charge on any atom is 0.204 e. The molecule has 3 unspecified atom stereocenters. The van der Waals surface area contributed by atoms with Gasteiger partial charge in [0.15, 0.2) is 5.78 Å². The molecule has 0 aromatic carbocycles. The molecule has 0 aromatic rings. The summed E-state index contributed by atoms with van der Waals surface area (Å²) >= 11 is 6.90. The predicted octanol–water partition coefficient (Wildman–Crippen LogP) is 1.37. The van der Waals surface area contributed by atoms with Crippen LogP contribution in [0.4, 0.5) is 0 Å². The number of alkyl halides is 2. The van der Waals surface area contributed by atoms with Gasteiger partial charge >= 0.3 is 0 Å². The molecule has 0 radical (unpaired) electrons. The molecule has 14 heavy (non-hydrogen) atoms. The number of hydrogen-bond acceptors (Lipinski definition) is 3. The zero-order chi connectivity index (χ0) is 10.1. The fourth-order valence-electron chi connectivity index (χ4n) is 3.22. The van der Waals surface area contributed by atoms with Crippen LogP contribution in [0.3, 0.4) is 0 Å². The summed E-state index contributed by atoms with van der Waals surface area (Å²) in [6.07, 6.45) is 3.45. The van der Waals surface area contributed by atoms with Crippen molar-refractivity contribution in [3.8, 4) is 0 Å². The Morgan fingerprint density at radius 2 is 2.00 bits per heavy atom. The number of carbonyl (C=O) groups is 1. The van der Waals surface area contributed by atoms with Gasteiger partial charge in [0.1, 0.15) is 3.23 Å². The normalized spacial score (nSPS) is 50.1. The summed E-state index contributed by atoms with van der Waals surface area (Å²) in [5.41, 5.74) is -1.31. The van der Waals surface area contributed by atoms with Crippen molar-refractivity contribution in [3.63, 3.8) is 0 Å². The maximum atomic E-state index is 11.8. The molecular formula is C9H11Br2NO2. The summed E-state index contributed by atoms with van der Waals surface area (Å²) in [7, 11) is 0. The molecule has 3 fully saturated rings. The topological polar surface area (TPSA) is 40.5 Å². The SMILES string of the molecule is O=C1CC2CCC3CC(Br)(Br)C1(O)N23. The van der Waals surface area contributed by atoms with E-state index >= 15 is 0 Å². The van der Waals surface area contributed by atoms with E-state index in [0.29, 0.717) is 12.5 Å². The van der Waals surface area contributed by atoms with Crippen LogP contribution < -0.4 is 0 Å². The van der Waals surface area contributed by atoms with E-state index in [9.17, 15) is 9.90 Å². The Kier molecular flexibility index (Phi) is 1.82. The molecule has 0 bridgehead atoms. The van der Waals surface area contributed by atoms with Crippen molar-refractivity contribution in [3.05, 3.63) is 0 Å². The first-order valence-electron chi connectivity index (χ1n) is 4.89. The van der Waals surface area contributed by atoms with Gasteiger partial charge in [0, 0.05) is 18.5 Å². The molecular weight excluding hydrogens is 314 g/mol. The van der Waals surface area contributed by atoms with E-state index in [2.05, 4.69) is 31.9 Å². The van der Waals surface area contributed by atoms with E-state index in [-0.39, 0.29) is 11.8 Å². The lowest BCUT2D eigenvalue weighted by Gasteiger charge is -2.33. The largest absolute Gasteiger partial charge is 0.367 e. The highest BCUT2D eigenvalue weighted by atomic mass is 79.9. The quantitative estimate of drug-likeness (QED) is 0.684. The molecule has 0 aromatic heterocycles. The van der Waals surface area contributed by atoms with Crippen LogP contribution in [-0.2, 0) is 4.79 Å². The van der Waals surface area contributed by atoms with Gasteiger partial charge in [-0.1, -0.05) is 31.9 Å². The van der Waals surface area contributed by atoms with Gasteiger partial charge in [-0.3, -0.25) is 9.69 Å². The van der Waals surface area contributed by atoms with E-state index in [1.54, 1.807) is 0 Å². The molecule has 0 spiro atoms. The summed E-state index contributed by atoms with van der Waals surface area (Å²) < 4.78 is -0.635. The molecule has 5 heteroatoms. The van der Waals surface area contributed by atoms with Gasteiger partial charge in [0.05, 0.1) is 0 Å². The highest BCUT2D eigenvalue weighted by molar-refractivity contribution is 9.25. The molecule has 3 aliphatic rings. The summed E-state index contributed by atoms with van der Waals surface area (Å²) in [6.45, 7) is 0. The second kappa shape index (κ2) is 2.62. The highest BCUT2D eigenvalue weighted by Crippen LogP contribution is 2.59. The number of rotatable bonds is 0. The minimum atomic E-state index is -1.31. The molecule has 3 aliphatic heterocycles. The van der Waals surface area contributed by atoms with Crippen LogP contribution in [0.5, 0.6) is 0 Å². The molecule has 3 heterocycles. The molecule has 1 N–H and O–H groups in total. The van der Waals surface area contributed by atoms with Crippen LogP contribution in [-0.4, -0.2) is 36.8 Å². The fraction of sp³-hybridized carbons (Fsp3) is 0.889. The van der Waals surface area contributed by atoms with Gasteiger partial charge in [-0.05, 0) is 19.3 Å². The van der Waals surface area contributed by atoms with Gasteiger partial charge in [-0.2, -0.15) is 0 Å². The number of nitrogens with zero attached hydrogens (tertiary/aromatic N) is 1. The second-order valence-electron chi connectivity index (χ2n) is 4.50. The Morgan fingerprint density at radius 3 is 2.71 bits per heavy atom. The van der Waals surface area contributed by atoms with E-state index in [1.165, 1.54) is 0 Å². The lowest BCUT2D eigenvalue weighted by Crippen LogP contribution is -2.54. The Labute approximate surface area is 99.1 Å². The molecule has 78 valence electrons. The lowest BCUT2D eigenvalue weighted by atomic mass is 10.1. The molecule has 3 saturated heterocycles. The predicted molar refractivity (Wildman–Crippen MR) is 58.4 cm³/mol. The molecule has 0 amide bonds. The number of hydrogen-bond donors (Lipinski definition) is 1. The molecule has 3 nitrogen and oxygen atoms in total. The third-order valence-electron chi connectivity index (χ3n) is 3.81. The van der Waals surface area contributed by atoms with E-state index in [1.807, 2.05) is 4.90 Å². The summed E-state index contributed by atoms with van der Waals surface area (Å²) in [5.74, 6) is -0.0431. The van der Waals surface area contributed by atoms with Gasteiger partial charge < -0.3 is 5.11 Å². The second-order valence-corrected chi connectivity index (χ2v) is 8.27. The van der Waals surface area contributed by atoms with Crippen LogP contribution in [0.1, 0.15) is 25.7 Å². The first-order chi connectivity index (χ1) is 6.47. The number of carbonyl (C=O) groups excluding carboxylic acids is 1. The average molecular weight is 325 g/mol. The zero-order valence-corrected chi connectivity index (χ0v) is 10.7. The Balaban J connectivity index is 2.13. The average Bonchev–Trinajstić information content (AvgIpc) is 2.61. The van der Waals surface area contributed by atoms with Crippen LogP contribution >= 0.6 is 31.9 Å². The first kappa shape index (κ1) is 9.75. The van der Waals surface area contributed by atoms with Crippen molar-refractivity contribution in [1.29, 1.82) is 0 Å². The Morgan fingerprint density at radius 1 is 1.36 bits per heavy atom. The van der Waals surface area contributed by atoms with Gasteiger partial charge in [0.2, 0.25) is 5.72 Å². The van der Waals surface area contributed by atoms with Crippen LogP contribution in [0.25, 0.3) is 0 Å². The minimum absolute atomic E-state index is 0.0431. The molecule has 0 aliphatic carbocycles. The molecule has 3 rings (SSSR count). The van der Waals surface area contributed by atoms with E-state index in [0.717, 1.165) is 19.3 Å². The van der Waals surface area contributed by atoms with E-state index in [4.69, 9.17) is 0 Å². The van der Waals surface area contributed by atoms with Crippen LogP contribution in [0.15, 0.2) is 0 Å². The number of aliphatic hydroxyl groups is 1. The standard InChI is InChI=1S/C9H11Br2NO2/c10-8(11)4-6-2-1-5-3-7(13)9(8,14)12(5)6/h5-6,14H,1-4H2. The van der Waals surface area contributed by atoms with Gasteiger partial charge in [0.25, 0.3) is 0 Å². The molecule has 3 atom stereocenters. The summed E-state index contributed by atoms with van der Waals surface area (Å²) in [5, 5.41) is 10.5. The van der Waals surface area contributed by atoms with Crippen LogP contribution in [0, 0.1) is 0 Å². The Bertz CT molecular complexity index is 320. The van der Waals surface area contributed by atoms with Crippen molar-refractivity contribution in [2.75, 3.05) is 0 Å². The summed E-state index contributed by atoms with van der Waals surface area (Å²) in [6, 6.07) is 0.629. The van der Waals surface area contributed by atoms with Crippen LogP contribution in [0.2, 0.25) is 0 Å². The minimum Gasteiger partial charge on any atom is -0.367 e. The number of Topliss-reactive ketones (excluding diaryl/α,β-unsaturated/α-hetero) is 1. The van der Waals surface area contributed by atoms with Crippen molar-refractivity contribution >= 4 is 37.6 Å². The van der Waals surface area contributed by atoms with Crippen molar-refractivity contribution < 1.29 is 9.90 Å². The summed E-state index contributed by atoms with van der Waals surface area (Å²) in [4.78, 5) is 13.8. The van der Waals surface area contributed by atoms with E-state index < -0.39 is 8.96 Å². The monoisotopic (exact) mass is 323 g/mol.